The summed E-state index contributed by atoms with van der Waals surface area (Å²) in [5.74, 6) is 4.38. The Morgan fingerprint density at radius 3 is 2.69 bits per heavy atom. The fourth-order valence-corrected chi connectivity index (χ4v) is 4.78. The van der Waals surface area contributed by atoms with Crippen LogP contribution in [0.3, 0.4) is 0 Å². The first kappa shape index (κ1) is 8.32. The molecule has 13 heavy (non-hydrogen) atoms. The molecule has 3 saturated carbocycles. The maximum Gasteiger partial charge on any atom is -0.0210 e. The first-order valence-electron chi connectivity index (χ1n) is 6.25. The largest absolute Gasteiger partial charge is 0.0622 e. The highest BCUT2D eigenvalue weighted by atomic mass is 14.7. The minimum absolute atomic E-state index is 0.871. The van der Waals surface area contributed by atoms with Crippen molar-refractivity contribution in [2.75, 3.05) is 0 Å². The van der Waals surface area contributed by atoms with Crippen LogP contribution in [0.1, 0.15) is 52.4 Å². The minimum atomic E-state index is 0.871. The molecule has 0 nitrogen and oxygen atoms in total. The van der Waals surface area contributed by atoms with Crippen LogP contribution in [0.5, 0.6) is 0 Å². The molecule has 0 bridgehead atoms. The van der Waals surface area contributed by atoms with Gasteiger partial charge in [-0.2, -0.15) is 0 Å². The molecule has 74 valence electrons. The fraction of sp³-hybridized carbons (Fsp3) is 1.00. The van der Waals surface area contributed by atoms with Gasteiger partial charge in [-0.05, 0) is 54.8 Å². The van der Waals surface area contributed by atoms with Gasteiger partial charge in [-0.1, -0.05) is 26.7 Å². The molecule has 3 rings (SSSR count). The molecule has 0 aromatic carbocycles. The van der Waals surface area contributed by atoms with Crippen LogP contribution in [0.2, 0.25) is 0 Å². The normalized spacial score (nSPS) is 59.5. The Morgan fingerprint density at radius 1 is 1.00 bits per heavy atom. The zero-order valence-corrected chi connectivity index (χ0v) is 9.05. The first-order chi connectivity index (χ1) is 6.25. The predicted octanol–water partition coefficient (Wildman–Crippen LogP) is 3.86. The van der Waals surface area contributed by atoms with E-state index >= 15 is 0 Å². The molecule has 0 radical (unpaired) electrons. The Labute approximate surface area is 82.1 Å². The van der Waals surface area contributed by atoms with E-state index < -0.39 is 0 Å². The second kappa shape index (κ2) is 2.52. The zero-order valence-electron chi connectivity index (χ0n) is 9.05. The summed E-state index contributed by atoms with van der Waals surface area (Å²) in [5.41, 5.74) is 0.871. The summed E-state index contributed by atoms with van der Waals surface area (Å²) >= 11 is 0. The van der Waals surface area contributed by atoms with Crippen molar-refractivity contribution in [3.05, 3.63) is 0 Å². The predicted molar refractivity (Wildman–Crippen MR) is 55.4 cm³/mol. The van der Waals surface area contributed by atoms with Gasteiger partial charge < -0.3 is 0 Å². The molecule has 0 aromatic rings. The van der Waals surface area contributed by atoms with Crippen molar-refractivity contribution >= 4 is 0 Å². The van der Waals surface area contributed by atoms with Crippen molar-refractivity contribution < 1.29 is 0 Å². The molecule has 5 atom stereocenters. The van der Waals surface area contributed by atoms with Crippen molar-refractivity contribution in [2.45, 2.75) is 52.4 Å². The van der Waals surface area contributed by atoms with E-state index in [0.717, 1.165) is 29.1 Å². The summed E-state index contributed by atoms with van der Waals surface area (Å²) < 4.78 is 0. The van der Waals surface area contributed by atoms with E-state index in [2.05, 4.69) is 13.8 Å². The van der Waals surface area contributed by atoms with Crippen LogP contribution in [0.25, 0.3) is 0 Å². The molecule has 1 spiro atoms. The van der Waals surface area contributed by atoms with Crippen LogP contribution in [0.15, 0.2) is 0 Å². The lowest BCUT2D eigenvalue weighted by molar-refractivity contribution is 0.254. The summed E-state index contributed by atoms with van der Waals surface area (Å²) in [5, 5.41) is 0. The maximum absolute atomic E-state index is 2.53. The van der Waals surface area contributed by atoms with Gasteiger partial charge in [0.1, 0.15) is 0 Å². The van der Waals surface area contributed by atoms with Gasteiger partial charge in [0.05, 0.1) is 0 Å². The molecule has 0 aliphatic heterocycles. The van der Waals surface area contributed by atoms with Crippen molar-refractivity contribution in [1.82, 2.24) is 0 Å². The third kappa shape index (κ3) is 0.926. The fourth-order valence-electron chi connectivity index (χ4n) is 4.78. The second-order valence-electron chi connectivity index (χ2n) is 6.01. The van der Waals surface area contributed by atoms with Crippen LogP contribution in [-0.4, -0.2) is 0 Å². The monoisotopic (exact) mass is 178 g/mol. The van der Waals surface area contributed by atoms with Crippen LogP contribution >= 0.6 is 0 Å². The molecular formula is C13H22. The zero-order chi connectivity index (χ0) is 9.05. The van der Waals surface area contributed by atoms with Crippen LogP contribution in [0.4, 0.5) is 0 Å². The van der Waals surface area contributed by atoms with E-state index in [1.807, 2.05) is 0 Å². The van der Waals surface area contributed by atoms with Gasteiger partial charge in [-0.25, -0.2) is 0 Å². The molecule has 0 saturated heterocycles. The lowest BCUT2D eigenvalue weighted by Gasteiger charge is -2.22. The lowest BCUT2D eigenvalue weighted by atomic mass is 9.82. The highest BCUT2D eigenvalue weighted by Crippen LogP contribution is 2.73. The molecule has 0 aromatic heterocycles. The average Bonchev–Trinajstić information content (AvgIpc) is 2.78. The van der Waals surface area contributed by atoms with Crippen molar-refractivity contribution in [3.8, 4) is 0 Å². The maximum atomic E-state index is 2.53. The minimum Gasteiger partial charge on any atom is -0.0622 e. The number of hydrogen-bond acceptors (Lipinski definition) is 0. The Hall–Kier alpha value is 0. The second-order valence-corrected chi connectivity index (χ2v) is 6.01. The Morgan fingerprint density at radius 2 is 1.85 bits per heavy atom. The molecule has 3 aliphatic rings. The van der Waals surface area contributed by atoms with E-state index in [1.54, 1.807) is 19.3 Å². The van der Waals surface area contributed by atoms with E-state index in [9.17, 15) is 0 Å². The SMILES string of the molecule is CC1CCCC2CCC(C)C23CC13. The van der Waals surface area contributed by atoms with E-state index in [4.69, 9.17) is 0 Å². The van der Waals surface area contributed by atoms with Gasteiger partial charge in [0.15, 0.2) is 0 Å². The lowest BCUT2D eigenvalue weighted by Crippen LogP contribution is -2.17. The van der Waals surface area contributed by atoms with Gasteiger partial charge in [0.25, 0.3) is 0 Å². The molecule has 0 heteroatoms. The number of hydrogen-bond donors (Lipinski definition) is 0. The van der Waals surface area contributed by atoms with E-state index in [0.29, 0.717) is 0 Å². The molecule has 0 amide bonds. The van der Waals surface area contributed by atoms with Crippen LogP contribution in [-0.2, 0) is 0 Å². The molecular weight excluding hydrogens is 156 g/mol. The van der Waals surface area contributed by atoms with Gasteiger partial charge in [-0.3, -0.25) is 0 Å². The van der Waals surface area contributed by atoms with Gasteiger partial charge in [0.2, 0.25) is 0 Å². The molecule has 5 unspecified atom stereocenters. The van der Waals surface area contributed by atoms with E-state index in [1.165, 1.54) is 19.3 Å². The molecule has 3 aliphatic carbocycles. The standard InChI is InChI=1S/C13H22/c1-9-4-3-5-11-7-6-10(2)13(11)8-12(9)13/h9-12H,3-8H2,1-2H3. The Kier molecular flexibility index (Phi) is 1.61. The topological polar surface area (TPSA) is 0 Å². The van der Waals surface area contributed by atoms with Crippen molar-refractivity contribution in [2.24, 2.45) is 29.1 Å². The smallest absolute Gasteiger partial charge is 0.0210 e. The van der Waals surface area contributed by atoms with Gasteiger partial charge >= 0.3 is 0 Å². The molecule has 3 fully saturated rings. The van der Waals surface area contributed by atoms with Crippen LogP contribution < -0.4 is 0 Å². The highest BCUT2D eigenvalue weighted by Gasteiger charge is 2.65. The average molecular weight is 178 g/mol. The summed E-state index contributed by atoms with van der Waals surface area (Å²) in [6.07, 6.45) is 9.30. The third-order valence-electron chi connectivity index (χ3n) is 5.63. The van der Waals surface area contributed by atoms with E-state index in [-0.39, 0.29) is 0 Å². The Balaban J connectivity index is 1.91. The van der Waals surface area contributed by atoms with Crippen LogP contribution in [0, 0.1) is 29.1 Å². The molecule has 0 N–H and O–H groups in total. The van der Waals surface area contributed by atoms with Gasteiger partial charge in [0, 0.05) is 0 Å². The summed E-state index contributed by atoms with van der Waals surface area (Å²) in [4.78, 5) is 0. The van der Waals surface area contributed by atoms with Crippen molar-refractivity contribution in [3.63, 3.8) is 0 Å². The Bertz CT molecular complexity index is 220. The quantitative estimate of drug-likeness (QED) is 0.528. The summed E-state index contributed by atoms with van der Waals surface area (Å²) in [6, 6.07) is 0. The van der Waals surface area contributed by atoms with Gasteiger partial charge in [-0.15, -0.1) is 0 Å². The van der Waals surface area contributed by atoms with Crippen molar-refractivity contribution in [1.29, 1.82) is 0 Å². The third-order valence-corrected chi connectivity index (χ3v) is 5.63. The molecule has 0 heterocycles. The summed E-state index contributed by atoms with van der Waals surface area (Å²) in [6.45, 7) is 5.03. The number of rotatable bonds is 0. The summed E-state index contributed by atoms with van der Waals surface area (Å²) in [7, 11) is 0. The highest BCUT2D eigenvalue weighted by molar-refractivity contribution is 5.14. The first-order valence-corrected chi connectivity index (χ1v) is 6.25.